The van der Waals surface area contributed by atoms with Crippen LogP contribution in [0.4, 0.5) is 8.78 Å². The minimum absolute atomic E-state index is 0.0360. The van der Waals surface area contributed by atoms with Gasteiger partial charge in [0.2, 0.25) is 0 Å². The Morgan fingerprint density at radius 2 is 2.13 bits per heavy atom. The van der Waals surface area contributed by atoms with Gasteiger partial charge in [0.15, 0.2) is 0 Å². The Labute approximate surface area is 88.3 Å². The van der Waals surface area contributed by atoms with E-state index in [0.717, 1.165) is 18.5 Å². The summed E-state index contributed by atoms with van der Waals surface area (Å²) in [6.07, 6.45) is -1.75. The molecule has 0 saturated carbocycles. The van der Waals surface area contributed by atoms with Crippen molar-refractivity contribution in [3.63, 3.8) is 0 Å². The Hall–Kier alpha value is -1.16. The molecule has 1 rings (SSSR count). The van der Waals surface area contributed by atoms with Gasteiger partial charge >= 0.3 is 0 Å². The van der Waals surface area contributed by atoms with Crippen molar-refractivity contribution in [2.75, 3.05) is 20.7 Å². The second-order valence-corrected chi connectivity index (χ2v) is 3.23. The average Bonchev–Trinajstić information content (AvgIpc) is 2.25. The fraction of sp³-hybridized carbons (Fsp3) is 0.455. The van der Waals surface area contributed by atoms with Crippen molar-refractivity contribution < 1.29 is 13.5 Å². The second kappa shape index (κ2) is 5.66. The quantitative estimate of drug-likeness (QED) is 0.814. The van der Waals surface area contributed by atoms with Crippen LogP contribution in [-0.2, 0) is 6.42 Å². The lowest BCUT2D eigenvalue weighted by molar-refractivity contribution is 0.147. The standard InChI is InChI=1S/C11H15F2NO/c1-14-6-5-8-3-4-10(15-2)9(7-8)11(12)13/h3-4,7,11,14H,5-6H2,1-2H3. The summed E-state index contributed by atoms with van der Waals surface area (Å²) in [5.41, 5.74) is 0.853. The molecule has 0 spiro atoms. The molecule has 0 heterocycles. The maximum atomic E-state index is 12.6. The molecule has 0 unspecified atom stereocenters. The molecule has 1 aromatic carbocycles. The summed E-state index contributed by atoms with van der Waals surface area (Å²) in [4.78, 5) is 0. The Morgan fingerprint density at radius 1 is 1.40 bits per heavy atom. The molecule has 0 saturated heterocycles. The number of hydrogen-bond donors (Lipinski definition) is 1. The largest absolute Gasteiger partial charge is 0.496 e. The van der Waals surface area contributed by atoms with E-state index in [1.165, 1.54) is 13.2 Å². The van der Waals surface area contributed by atoms with Crippen molar-refractivity contribution in [2.45, 2.75) is 12.8 Å². The zero-order valence-electron chi connectivity index (χ0n) is 8.89. The van der Waals surface area contributed by atoms with E-state index in [9.17, 15) is 8.78 Å². The third kappa shape index (κ3) is 3.16. The van der Waals surface area contributed by atoms with Gasteiger partial charge in [-0.1, -0.05) is 6.07 Å². The highest BCUT2D eigenvalue weighted by atomic mass is 19.3. The van der Waals surface area contributed by atoms with Crippen LogP contribution in [0.25, 0.3) is 0 Å². The molecule has 2 nitrogen and oxygen atoms in total. The van der Waals surface area contributed by atoms with Crippen LogP contribution in [0.15, 0.2) is 18.2 Å². The summed E-state index contributed by atoms with van der Waals surface area (Å²) >= 11 is 0. The Bertz CT molecular complexity index is 315. The number of likely N-dealkylation sites (N-methyl/N-ethyl adjacent to an activating group) is 1. The van der Waals surface area contributed by atoms with Gasteiger partial charge < -0.3 is 10.1 Å². The normalized spacial score (nSPS) is 10.7. The number of halogens is 2. The van der Waals surface area contributed by atoms with Crippen LogP contribution in [-0.4, -0.2) is 20.7 Å². The highest BCUT2D eigenvalue weighted by molar-refractivity contribution is 5.38. The van der Waals surface area contributed by atoms with Crippen LogP contribution in [0.1, 0.15) is 17.6 Å². The van der Waals surface area contributed by atoms with E-state index in [2.05, 4.69) is 5.32 Å². The number of ether oxygens (including phenoxy) is 1. The molecule has 0 fully saturated rings. The predicted octanol–water partition coefficient (Wildman–Crippen LogP) is 2.39. The van der Waals surface area contributed by atoms with Crippen molar-refractivity contribution in [3.8, 4) is 5.75 Å². The van der Waals surface area contributed by atoms with Crippen LogP contribution in [0, 0.1) is 0 Å². The maximum absolute atomic E-state index is 12.6. The Balaban J connectivity index is 2.89. The van der Waals surface area contributed by atoms with E-state index in [1.807, 2.05) is 13.1 Å². The van der Waals surface area contributed by atoms with E-state index in [-0.39, 0.29) is 11.3 Å². The molecule has 0 radical (unpaired) electrons. The van der Waals surface area contributed by atoms with Gasteiger partial charge in [0, 0.05) is 0 Å². The lowest BCUT2D eigenvalue weighted by Crippen LogP contribution is -2.10. The fourth-order valence-electron chi connectivity index (χ4n) is 1.38. The Morgan fingerprint density at radius 3 is 2.67 bits per heavy atom. The molecule has 1 aromatic rings. The third-order valence-electron chi connectivity index (χ3n) is 2.19. The van der Waals surface area contributed by atoms with E-state index in [4.69, 9.17) is 4.74 Å². The molecule has 1 N–H and O–H groups in total. The zero-order valence-corrected chi connectivity index (χ0v) is 8.89. The molecule has 0 atom stereocenters. The molecule has 0 aliphatic carbocycles. The summed E-state index contributed by atoms with van der Waals surface area (Å²) < 4.78 is 30.1. The molecule has 4 heteroatoms. The number of benzene rings is 1. The number of hydrogen-bond acceptors (Lipinski definition) is 2. The summed E-state index contributed by atoms with van der Waals surface area (Å²) in [5, 5.41) is 2.97. The first-order chi connectivity index (χ1) is 7.19. The second-order valence-electron chi connectivity index (χ2n) is 3.23. The van der Waals surface area contributed by atoms with Gasteiger partial charge in [-0.25, -0.2) is 8.78 Å². The molecular weight excluding hydrogens is 200 g/mol. The monoisotopic (exact) mass is 215 g/mol. The third-order valence-corrected chi connectivity index (χ3v) is 2.19. The number of rotatable bonds is 5. The number of nitrogens with one attached hydrogen (secondary N) is 1. The van der Waals surface area contributed by atoms with Crippen LogP contribution < -0.4 is 10.1 Å². The van der Waals surface area contributed by atoms with Gasteiger partial charge in [-0.15, -0.1) is 0 Å². The molecule has 0 amide bonds. The smallest absolute Gasteiger partial charge is 0.267 e. The summed E-state index contributed by atoms with van der Waals surface area (Å²) in [6, 6.07) is 4.90. The number of alkyl halides is 2. The first kappa shape index (κ1) is 11.9. The van der Waals surface area contributed by atoms with Gasteiger partial charge in [0.05, 0.1) is 12.7 Å². The number of methoxy groups -OCH3 is 1. The maximum Gasteiger partial charge on any atom is 0.267 e. The highest BCUT2D eigenvalue weighted by Gasteiger charge is 2.13. The van der Waals surface area contributed by atoms with Gasteiger partial charge in [0.25, 0.3) is 6.43 Å². The van der Waals surface area contributed by atoms with Crippen molar-refractivity contribution >= 4 is 0 Å². The summed E-state index contributed by atoms with van der Waals surface area (Å²) in [6.45, 7) is 0.773. The van der Waals surface area contributed by atoms with Gasteiger partial charge in [-0.3, -0.25) is 0 Å². The fourth-order valence-corrected chi connectivity index (χ4v) is 1.38. The van der Waals surface area contributed by atoms with Crippen molar-refractivity contribution in [1.29, 1.82) is 0 Å². The first-order valence-electron chi connectivity index (χ1n) is 4.78. The molecule has 0 aliphatic rings. The van der Waals surface area contributed by atoms with Gasteiger partial charge in [-0.2, -0.15) is 0 Å². The molecule has 0 aromatic heterocycles. The molecule has 15 heavy (non-hydrogen) atoms. The van der Waals surface area contributed by atoms with E-state index < -0.39 is 6.43 Å². The molecular formula is C11H15F2NO. The SMILES string of the molecule is CNCCc1ccc(OC)c(C(F)F)c1. The van der Waals surface area contributed by atoms with Crippen molar-refractivity contribution in [3.05, 3.63) is 29.3 Å². The molecule has 84 valence electrons. The lowest BCUT2D eigenvalue weighted by atomic mass is 10.1. The van der Waals surface area contributed by atoms with Gasteiger partial charge in [0.1, 0.15) is 5.75 Å². The zero-order chi connectivity index (χ0) is 11.3. The summed E-state index contributed by atoms with van der Waals surface area (Å²) in [7, 11) is 3.23. The minimum atomic E-state index is -2.49. The molecule has 0 bridgehead atoms. The minimum Gasteiger partial charge on any atom is -0.496 e. The summed E-state index contributed by atoms with van der Waals surface area (Å²) in [5.74, 6) is 0.248. The lowest BCUT2D eigenvalue weighted by Gasteiger charge is -2.09. The van der Waals surface area contributed by atoms with Crippen LogP contribution in [0.3, 0.4) is 0 Å². The van der Waals surface area contributed by atoms with E-state index in [1.54, 1.807) is 6.07 Å². The predicted molar refractivity (Wildman–Crippen MR) is 55.6 cm³/mol. The van der Waals surface area contributed by atoms with Crippen LogP contribution in [0.2, 0.25) is 0 Å². The van der Waals surface area contributed by atoms with Crippen LogP contribution >= 0.6 is 0 Å². The Kier molecular flexibility index (Phi) is 4.49. The van der Waals surface area contributed by atoms with Crippen molar-refractivity contribution in [2.24, 2.45) is 0 Å². The van der Waals surface area contributed by atoms with E-state index in [0.29, 0.717) is 0 Å². The average molecular weight is 215 g/mol. The topological polar surface area (TPSA) is 21.3 Å². The highest BCUT2D eigenvalue weighted by Crippen LogP contribution is 2.29. The van der Waals surface area contributed by atoms with Gasteiger partial charge in [-0.05, 0) is 37.7 Å². The molecule has 0 aliphatic heterocycles. The van der Waals surface area contributed by atoms with Crippen molar-refractivity contribution in [1.82, 2.24) is 5.32 Å². The van der Waals surface area contributed by atoms with Crippen LogP contribution in [0.5, 0.6) is 5.75 Å². The van der Waals surface area contributed by atoms with E-state index >= 15 is 0 Å². The first-order valence-corrected chi connectivity index (χ1v) is 4.78.